The molecule has 0 N–H and O–H groups in total. The molecule has 0 amide bonds. The van der Waals surface area contributed by atoms with Crippen LogP contribution in [0, 0.1) is 17.6 Å². The standard InChI is InChI=1S/C14H12F2O2/c15-11-6-10(13-2-1-5-17-13)7-12(16)14(11)18-8-9-3-4-9/h1-2,5-7,9H,3-4,8H2. The van der Waals surface area contributed by atoms with Crippen molar-refractivity contribution in [2.75, 3.05) is 6.61 Å². The van der Waals surface area contributed by atoms with Crippen LogP contribution in [0.15, 0.2) is 34.9 Å². The highest BCUT2D eigenvalue weighted by Gasteiger charge is 2.24. The normalized spacial score (nSPS) is 14.8. The summed E-state index contributed by atoms with van der Waals surface area (Å²) in [6.45, 7) is 0.383. The van der Waals surface area contributed by atoms with Crippen LogP contribution in [0.25, 0.3) is 11.3 Å². The summed E-state index contributed by atoms with van der Waals surface area (Å²) in [7, 11) is 0. The molecule has 1 fully saturated rings. The first kappa shape index (κ1) is 11.3. The number of halogens is 2. The molecule has 1 aliphatic rings. The zero-order valence-electron chi connectivity index (χ0n) is 9.66. The minimum Gasteiger partial charge on any atom is -0.487 e. The van der Waals surface area contributed by atoms with E-state index in [1.54, 1.807) is 12.1 Å². The van der Waals surface area contributed by atoms with Gasteiger partial charge in [0.05, 0.1) is 12.9 Å². The van der Waals surface area contributed by atoms with Gasteiger partial charge in [0.15, 0.2) is 17.4 Å². The van der Waals surface area contributed by atoms with E-state index in [9.17, 15) is 8.78 Å². The van der Waals surface area contributed by atoms with Crippen molar-refractivity contribution >= 4 is 0 Å². The molecule has 3 rings (SSSR count). The lowest BCUT2D eigenvalue weighted by Gasteiger charge is -2.08. The van der Waals surface area contributed by atoms with E-state index in [4.69, 9.17) is 9.15 Å². The molecule has 0 aliphatic heterocycles. The Balaban J connectivity index is 1.87. The first-order valence-corrected chi connectivity index (χ1v) is 5.90. The maximum absolute atomic E-state index is 13.8. The third-order valence-corrected chi connectivity index (χ3v) is 2.96. The fourth-order valence-corrected chi connectivity index (χ4v) is 1.77. The molecule has 4 heteroatoms. The van der Waals surface area contributed by atoms with Crippen LogP contribution < -0.4 is 4.74 Å². The van der Waals surface area contributed by atoms with Gasteiger partial charge >= 0.3 is 0 Å². The highest BCUT2D eigenvalue weighted by molar-refractivity contribution is 5.59. The van der Waals surface area contributed by atoms with Gasteiger partial charge in [-0.15, -0.1) is 0 Å². The maximum Gasteiger partial charge on any atom is 0.190 e. The summed E-state index contributed by atoms with van der Waals surface area (Å²) in [5.41, 5.74) is 0.369. The topological polar surface area (TPSA) is 22.4 Å². The summed E-state index contributed by atoms with van der Waals surface area (Å²) < 4.78 is 37.8. The number of hydrogen-bond acceptors (Lipinski definition) is 2. The summed E-state index contributed by atoms with van der Waals surface area (Å²) in [5.74, 6) is -0.795. The molecule has 0 radical (unpaired) electrons. The minimum absolute atomic E-state index is 0.294. The molecule has 1 aliphatic carbocycles. The molecule has 0 spiro atoms. The molecule has 1 aromatic carbocycles. The minimum atomic E-state index is -0.693. The molecule has 0 saturated heterocycles. The first-order valence-electron chi connectivity index (χ1n) is 5.90. The van der Waals surface area contributed by atoms with Crippen LogP contribution in [0.3, 0.4) is 0 Å². The molecule has 0 bridgehead atoms. The molecule has 2 aromatic rings. The second-order valence-electron chi connectivity index (χ2n) is 4.50. The highest BCUT2D eigenvalue weighted by Crippen LogP contribution is 2.33. The van der Waals surface area contributed by atoms with Gasteiger partial charge in [0.1, 0.15) is 5.76 Å². The third kappa shape index (κ3) is 2.23. The highest BCUT2D eigenvalue weighted by atomic mass is 19.1. The number of hydrogen-bond donors (Lipinski definition) is 0. The van der Waals surface area contributed by atoms with Crippen molar-refractivity contribution in [1.82, 2.24) is 0 Å². The zero-order valence-corrected chi connectivity index (χ0v) is 9.66. The fraction of sp³-hybridized carbons (Fsp3) is 0.286. The van der Waals surface area contributed by atoms with Gasteiger partial charge in [-0.2, -0.15) is 0 Å². The lowest BCUT2D eigenvalue weighted by atomic mass is 10.1. The second kappa shape index (κ2) is 4.44. The van der Waals surface area contributed by atoms with Gasteiger partial charge in [0.25, 0.3) is 0 Å². The number of benzene rings is 1. The summed E-state index contributed by atoms with van der Waals surface area (Å²) in [6, 6.07) is 5.77. The van der Waals surface area contributed by atoms with Crippen molar-refractivity contribution in [3.8, 4) is 17.1 Å². The summed E-state index contributed by atoms with van der Waals surface area (Å²) >= 11 is 0. The van der Waals surface area contributed by atoms with Crippen molar-refractivity contribution in [2.24, 2.45) is 5.92 Å². The maximum atomic E-state index is 13.8. The van der Waals surface area contributed by atoms with Crippen LogP contribution in [0.5, 0.6) is 5.75 Å². The van der Waals surface area contributed by atoms with Gasteiger partial charge in [-0.05, 0) is 43.0 Å². The quantitative estimate of drug-likeness (QED) is 0.817. The van der Waals surface area contributed by atoms with Gasteiger partial charge in [0.2, 0.25) is 0 Å². The molecule has 1 aromatic heterocycles. The molecule has 94 valence electrons. The van der Waals surface area contributed by atoms with Crippen molar-refractivity contribution in [2.45, 2.75) is 12.8 Å². The summed E-state index contributed by atoms with van der Waals surface area (Å²) in [5, 5.41) is 0. The molecule has 1 saturated carbocycles. The lowest BCUT2D eigenvalue weighted by Crippen LogP contribution is -2.03. The van der Waals surface area contributed by atoms with E-state index in [2.05, 4.69) is 0 Å². The Labute approximate surface area is 103 Å². The molecule has 0 atom stereocenters. The predicted octanol–water partition coefficient (Wildman–Crippen LogP) is 4.01. The third-order valence-electron chi connectivity index (χ3n) is 2.96. The van der Waals surface area contributed by atoms with Crippen molar-refractivity contribution in [3.63, 3.8) is 0 Å². The Morgan fingerprint density at radius 3 is 2.50 bits per heavy atom. The monoisotopic (exact) mass is 250 g/mol. The van der Waals surface area contributed by atoms with E-state index in [-0.39, 0.29) is 5.75 Å². The fourth-order valence-electron chi connectivity index (χ4n) is 1.77. The van der Waals surface area contributed by atoms with E-state index >= 15 is 0 Å². The van der Waals surface area contributed by atoms with Gasteiger partial charge < -0.3 is 9.15 Å². The molecular weight excluding hydrogens is 238 g/mol. The Kier molecular flexibility index (Phi) is 2.78. The van der Waals surface area contributed by atoms with Gasteiger partial charge in [-0.1, -0.05) is 0 Å². The van der Waals surface area contributed by atoms with E-state index < -0.39 is 11.6 Å². The van der Waals surface area contributed by atoms with Gasteiger partial charge in [0, 0.05) is 5.56 Å². The number of ether oxygens (including phenoxy) is 1. The van der Waals surface area contributed by atoms with Crippen LogP contribution in [0.1, 0.15) is 12.8 Å². The van der Waals surface area contributed by atoms with Crippen molar-refractivity contribution < 1.29 is 17.9 Å². The van der Waals surface area contributed by atoms with E-state index in [1.807, 2.05) is 0 Å². The number of rotatable bonds is 4. The zero-order chi connectivity index (χ0) is 12.5. The van der Waals surface area contributed by atoms with Crippen LogP contribution in [-0.4, -0.2) is 6.61 Å². The van der Waals surface area contributed by atoms with E-state index in [0.717, 1.165) is 12.8 Å². The molecule has 18 heavy (non-hydrogen) atoms. The SMILES string of the molecule is Fc1cc(-c2ccco2)cc(F)c1OCC1CC1. The van der Waals surface area contributed by atoms with Gasteiger partial charge in [-0.25, -0.2) is 8.78 Å². The van der Waals surface area contributed by atoms with Crippen LogP contribution in [0.2, 0.25) is 0 Å². The van der Waals surface area contributed by atoms with E-state index in [1.165, 1.54) is 18.4 Å². The second-order valence-corrected chi connectivity index (χ2v) is 4.50. The van der Waals surface area contributed by atoms with Gasteiger partial charge in [-0.3, -0.25) is 0 Å². The smallest absolute Gasteiger partial charge is 0.190 e. The molecule has 0 unspecified atom stereocenters. The van der Waals surface area contributed by atoms with Crippen LogP contribution in [0.4, 0.5) is 8.78 Å². The average molecular weight is 250 g/mol. The predicted molar refractivity (Wildman–Crippen MR) is 62.3 cm³/mol. The largest absolute Gasteiger partial charge is 0.487 e. The van der Waals surface area contributed by atoms with E-state index in [0.29, 0.717) is 23.8 Å². The molecule has 2 nitrogen and oxygen atoms in total. The lowest BCUT2D eigenvalue weighted by molar-refractivity contribution is 0.270. The summed E-state index contributed by atoms with van der Waals surface area (Å²) in [4.78, 5) is 0. The Morgan fingerprint density at radius 1 is 1.22 bits per heavy atom. The van der Waals surface area contributed by atoms with Crippen molar-refractivity contribution in [1.29, 1.82) is 0 Å². The molecule has 1 heterocycles. The summed E-state index contributed by atoms with van der Waals surface area (Å²) in [6.07, 6.45) is 3.62. The number of furan rings is 1. The van der Waals surface area contributed by atoms with Crippen LogP contribution >= 0.6 is 0 Å². The van der Waals surface area contributed by atoms with Crippen molar-refractivity contribution in [3.05, 3.63) is 42.2 Å². The molecular formula is C14H12F2O2. The first-order chi connectivity index (χ1) is 8.74. The Hall–Kier alpha value is -1.84. The Bertz CT molecular complexity index is 522. The average Bonchev–Trinajstić information content (AvgIpc) is 3.00. The Morgan fingerprint density at radius 2 is 1.94 bits per heavy atom. The van der Waals surface area contributed by atoms with Crippen LogP contribution in [-0.2, 0) is 0 Å².